The summed E-state index contributed by atoms with van der Waals surface area (Å²) in [6, 6.07) is 3.42. The van der Waals surface area contributed by atoms with Crippen molar-refractivity contribution in [1.82, 2.24) is 14.1 Å². The van der Waals surface area contributed by atoms with Gasteiger partial charge in [0, 0.05) is 32.7 Å². The minimum Gasteiger partial charge on any atom is -0.342 e. The third-order valence-electron chi connectivity index (χ3n) is 6.96. The number of hydrogen-bond donors (Lipinski definition) is 0. The molecule has 3 saturated heterocycles. The standard InChI is InChI=1S/C22H35N3O3S2/c26-22(20-7-5-13-25(18-20)30(27,28)21-8-6-16-29-21)24-14-9-19(10-15-24)17-23-11-3-1-2-4-12-23/h6,8,16,19-20H,1-5,7,9-15,17-18H2. The van der Waals surface area contributed by atoms with Crippen molar-refractivity contribution >= 4 is 27.3 Å². The van der Waals surface area contributed by atoms with Crippen molar-refractivity contribution in [2.75, 3.05) is 45.8 Å². The molecule has 1 amide bonds. The molecule has 1 aromatic heterocycles. The van der Waals surface area contributed by atoms with E-state index in [1.54, 1.807) is 17.5 Å². The minimum atomic E-state index is -3.47. The third-order valence-corrected chi connectivity index (χ3v) is 10.2. The van der Waals surface area contributed by atoms with Gasteiger partial charge in [0.05, 0.1) is 5.92 Å². The number of hydrogen-bond acceptors (Lipinski definition) is 5. The molecule has 1 aromatic rings. The summed E-state index contributed by atoms with van der Waals surface area (Å²) in [5.41, 5.74) is 0. The van der Waals surface area contributed by atoms with E-state index in [1.165, 1.54) is 61.0 Å². The van der Waals surface area contributed by atoms with Crippen LogP contribution in [0.1, 0.15) is 51.4 Å². The fourth-order valence-corrected chi connectivity index (χ4v) is 7.85. The molecule has 1 unspecified atom stereocenters. The molecule has 4 rings (SSSR count). The maximum atomic E-state index is 13.2. The van der Waals surface area contributed by atoms with Crippen LogP contribution in [0.3, 0.4) is 0 Å². The van der Waals surface area contributed by atoms with E-state index >= 15 is 0 Å². The van der Waals surface area contributed by atoms with Gasteiger partial charge in [0.2, 0.25) is 5.91 Å². The SMILES string of the molecule is O=C(C1CCCN(S(=O)(=O)c2cccs2)C1)N1CCC(CN2CCCCCC2)CC1. The molecule has 0 aromatic carbocycles. The number of amides is 1. The largest absolute Gasteiger partial charge is 0.342 e. The summed E-state index contributed by atoms with van der Waals surface area (Å²) in [7, 11) is -3.47. The number of likely N-dealkylation sites (tertiary alicyclic amines) is 2. The lowest BCUT2D eigenvalue weighted by atomic mass is 9.93. The van der Waals surface area contributed by atoms with E-state index in [4.69, 9.17) is 0 Å². The number of piperidine rings is 2. The Bertz CT molecular complexity index is 781. The normalized spacial score (nSPS) is 25.9. The topological polar surface area (TPSA) is 60.9 Å². The highest BCUT2D eigenvalue weighted by Gasteiger charge is 2.36. The van der Waals surface area contributed by atoms with Gasteiger partial charge in [-0.2, -0.15) is 4.31 Å². The van der Waals surface area contributed by atoms with E-state index in [9.17, 15) is 13.2 Å². The monoisotopic (exact) mass is 453 g/mol. The Balaban J connectivity index is 1.28. The van der Waals surface area contributed by atoms with Gasteiger partial charge in [-0.1, -0.05) is 18.9 Å². The zero-order chi connectivity index (χ0) is 21.0. The predicted molar refractivity (Wildman–Crippen MR) is 120 cm³/mol. The maximum Gasteiger partial charge on any atom is 0.252 e. The Hall–Kier alpha value is -0.960. The number of nitrogens with zero attached hydrogens (tertiary/aromatic N) is 3. The van der Waals surface area contributed by atoms with Gasteiger partial charge in [0.15, 0.2) is 0 Å². The number of carbonyl (C=O) groups is 1. The van der Waals surface area contributed by atoms with E-state index in [0.717, 1.165) is 38.8 Å². The summed E-state index contributed by atoms with van der Waals surface area (Å²) >= 11 is 1.25. The second-order valence-corrected chi connectivity index (χ2v) is 12.2. The Morgan fingerprint density at radius 3 is 2.37 bits per heavy atom. The predicted octanol–water partition coefficient (Wildman–Crippen LogP) is 3.26. The molecule has 0 radical (unpaired) electrons. The molecule has 0 aliphatic carbocycles. The molecular formula is C22H35N3O3S2. The number of sulfonamides is 1. The molecule has 6 nitrogen and oxygen atoms in total. The fraction of sp³-hybridized carbons (Fsp3) is 0.773. The van der Waals surface area contributed by atoms with Crippen LogP contribution in [0.5, 0.6) is 0 Å². The zero-order valence-corrected chi connectivity index (χ0v) is 19.5. The van der Waals surface area contributed by atoms with Crippen molar-refractivity contribution in [3.05, 3.63) is 17.5 Å². The molecule has 0 bridgehead atoms. The average Bonchev–Trinajstić information content (AvgIpc) is 3.21. The summed E-state index contributed by atoms with van der Waals surface area (Å²) in [6.45, 7) is 6.13. The van der Waals surface area contributed by atoms with E-state index in [2.05, 4.69) is 4.90 Å². The molecule has 30 heavy (non-hydrogen) atoms. The lowest BCUT2D eigenvalue weighted by Gasteiger charge is -2.38. The molecule has 3 aliphatic rings. The van der Waals surface area contributed by atoms with Crippen molar-refractivity contribution < 1.29 is 13.2 Å². The van der Waals surface area contributed by atoms with E-state index in [-0.39, 0.29) is 11.8 Å². The molecule has 0 saturated carbocycles. The van der Waals surface area contributed by atoms with Crippen molar-refractivity contribution in [2.45, 2.75) is 55.6 Å². The summed E-state index contributed by atoms with van der Waals surface area (Å²) in [4.78, 5) is 17.8. The van der Waals surface area contributed by atoms with Gasteiger partial charge in [-0.05, 0) is 69.0 Å². The maximum absolute atomic E-state index is 13.2. The van der Waals surface area contributed by atoms with Gasteiger partial charge in [0.1, 0.15) is 4.21 Å². The van der Waals surface area contributed by atoms with Crippen LogP contribution in [0.2, 0.25) is 0 Å². The molecule has 3 fully saturated rings. The lowest BCUT2D eigenvalue weighted by Crippen LogP contribution is -2.49. The second-order valence-electron chi connectivity index (χ2n) is 9.12. The zero-order valence-electron chi connectivity index (χ0n) is 17.9. The quantitative estimate of drug-likeness (QED) is 0.687. The number of rotatable bonds is 5. The molecule has 3 aliphatic heterocycles. The summed E-state index contributed by atoms with van der Waals surface area (Å²) in [5, 5.41) is 1.79. The first-order valence-electron chi connectivity index (χ1n) is 11.6. The van der Waals surface area contributed by atoms with Crippen LogP contribution < -0.4 is 0 Å². The van der Waals surface area contributed by atoms with Crippen molar-refractivity contribution in [3.63, 3.8) is 0 Å². The summed E-state index contributed by atoms with van der Waals surface area (Å²) < 4.78 is 27.6. The van der Waals surface area contributed by atoms with Crippen molar-refractivity contribution in [2.24, 2.45) is 11.8 Å². The Morgan fingerprint density at radius 2 is 1.70 bits per heavy atom. The number of carbonyl (C=O) groups excluding carboxylic acids is 1. The van der Waals surface area contributed by atoms with Crippen molar-refractivity contribution in [3.8, 4) is 0 Å². The molecule has 0 spiro atoms. The van der Waals surface area contributed by atoms with E-state index in [0.29, 0.717) is 23.2 Å². The van der Waals surface area contributed by atoms with Crippen LogP contribution in [0.4, 0.5) is 0 Å². The fourth-order valence-electron chi connectivity index (χ4n) is 5.18. The molecule has 1 atom stereocenters. The van der Waals surface area contributed by atoms with Crippen LogP contribution in [0.15, 0.2) is 21.7 Å². The molecule has 168 valence electrons. The number of thiophene rings is 1. The smallest absolute Gasteiger partial charge is 0.252 e. The highest BCUT2D eigenvalue weighted by Crippen LogP contribution is 2.28. The highest BCUT2D eigenvalue weighted by molar-refractivity contribution is 7.91. The van der Waals surface area contributed by atoms with Crippen LogP contribution >= 0.6 is 11.3 Å². The first-order chi connectivity index (χ1) is 14.5. The van der Waals surface area contributed by atoms with Crippen molar-refractivity contribution in [1.29, 1.82) is 0 Å². The van der Waals surface area contributed by atoms with Gasteiger partial charge >= 0.3 is 0 Å². The summed E-state index contributed by atoms with van der Waals surface area (Å²) in [6.07, 6.45) is 9.08. The van der Waals surface area contributed by atoms with Crippen LogP contribution in [-0.2, 0) is 14.8 Å². The molecular weight excluding hydrogens is 418 g/mol. The minimum absolute atomic E-state index is 0.161. The highest BCUT2D eigenvalue weighted by atomic mass is 32.2. The van der Waals surface area contributed by atoms with E-state index in [1.807, 2.05) is 4.90 Å². The third kappa shape index (κ3) is 5.26. The van der Waals surface area contributed by atoms with Gasteiger partial charge < -0.3 is 9.80 Å². The van der Waals surface area contributed by atoms with Crippen LogP contribution in [0.25, 0.3) is 0 Å². The van der Waals surface area contributed by atoms with Gasteiger partial charge in [-0.15, -0.1) is 11.3 Å². The second kappa shape index (κ2) is 10.1. The first kappa shape index (κ1) is 22.2. The van der Waals surface area contributed by atoms with Crippen LogP contribution in [0, 0.1) is 11.8 Å². The Labute approximate surface area is 185 Å². The van der Waals surface area contributed by atoms with Gasteiger partial charge in [0.25, 0.3) is 10.0 Å². The molecule has 8 heteroatoms. The average molecular weight is 454 g/mol. The Kier molecular flexibility index (Phi) is 7.49. The Morgan fingerprint density at radius 1 is 0.967 bits per heavy atom. The molecule has 4 heterocycles. The van der Waals surface area contributed by atoms with Crippen LogP contribution in [-0.4, -0.2) is 74.2 Å². The van der Waals surface area contributed by atoms with E-state index < -0.39 is 10.0 Å². The lowest BCUT2D eigenvalue weighted by molar-refractivity contribution is -0.138. The summed E-state index contributed by atoms with van der Waals surface area (Å²) in [5.74, 6) is 0.652. The molecule has 0 N–H and O–H groups in total. The van der Waals surface area contributed by atoms with Gasteiger partial charge in [-0.25, -0.2) is 8.42 Å². The van der Waals surface area contributed by atoms with Gasteiger partial charge in [-0.3, -0.25) is 4.79 Å². The first-order valence-corrected chi connectivity index (χ1v) is 13.9.